The van der Waals surface area contributed by atoms with Crippen LogP contribution in [-0.4, -0.2) is 54.7 Å². The van der Waals surface area contributed by atoms with Gasteiger partial charge in [-0.2, -0.15) is 0 Å². The maximum Gasteiger partial charge on any atom is 0.407 e. The summed E-state index contributed by atoms with van der Waals surface area (Å²) >= 11 is 0. The predicted octanol–water partition coefficient (Wildman–Crippen LogP) is 3.53. The lowest BCUT2D eigenvalue weighted by Crippen LogP contribution is -2.43. The molecular weight excluding hydrogens is 390 g/mol. The van der Waals surface area contributed by atoms with Gasteiger partial charge in [-0.3, -0.25) is 4.79 Å². The van der Waals surface area contributed by atoms with Crippen molar-refractivity contribution >= 4 is 12.0 Å². The molecule has 0 radical (unpaired) electrons. The highest BCUT2D eigenvalue weighted by Gasteiger charge is 2.26. The van der Waals surface area contributed by atoms with Gasteiger partial charge < -0.3 is 20.3 Å². The number of hydrogen-bond donors (Lipinski definition) is 2. The Morgan fingerprint density at radius 3 is 2.23 bits per heavy atom. The Morgan fingerprint density at radius 2 is 1.68 bits per heavy atom. The molecule has 1 aliphatic heterocycles. The van der Waals surface area contributed by atoms with Gasteiger partial charge in [-0.25, -0.2) is 4.79 Å². The quantitative estimate of drug-likeness (QED) is 0.746. The minimum absolute atomic E-state index is 0.0216. The van der Waals surface area contributed by atoms with Crippen LogP contribution in [0.15, 0.2) is 60.7 Å². The van der Waals surface area contributed by atoms with Crippen LogP contribution in [0, 0.1) is 0 Å². The number of carbonyl (C=O) groups excluding carboxylic acids is 2. The zero-order valence-electron chi connectivity index (χ0n) is 18.6. The van der Waals surface area contributed by atoms with Gasteiger partial charge in [-0.05, 0) is 38.3 Å². The van der Waals surface area contributed by atoms with Crippen LogP contribution in [0.2, 0.25) is 0 Å². The average molecular weight is 424 g/mol. The van der Waals surface area contributed by atoms with Crippen LogP contribution in [0.5, 0.6) is 0 Å². The van der Waals surface area contributed by atoms with Gasteiger partial charge in [-0.1, -0.05) is 60.7 Å². The monoisotopic (exact) mass is 423 g/mol. The SMILES string of the molecule is CC(C)(C)OC(=O)NCC1CCN(CC(c2ccccc2)c2ccccc2)C(=O)CN1. The van der Waals surface area contributed by atoms with E-state index < -0.39 is 11.7 Å². The fourth-order valence-corrected chi connectivity index (χ4v) is 3.76. The number of alkyl carbamates (subject to hydrolysis) is 1. The highest BCUT2D eigenvalue weighted by atomic mass is 16.6. The molecule has 1 saturated heterocycles. The normalized spacial score (nSPS) is 17.4. The van der Waals surface area contributed by atoms with Crippen molar-refractivity contribution in [3.8, 4) is 0 Å². The van der Waals surface area contributed by atoms with Gasteiger partial charge in [0, 0.05) is 31.6 Å². The zero-order chi connectivity index (χ0) is 22.3. The largest absolute Gasteiger partial charge is 0.444 e. The van der Waals surface area contributed by atoms with Gasteiger partial charge in [0.1, 0.15) is 5.60 Å². The number of nitrogens with one attached hydrogen (secondary N) is 2. The summed E-state index contributed by atoms with van der Waals surface area (Å²) in [5.41, 5.74) is 1.86. The van der Waals surface area contributed by atoms with E-state index in [1.807, 2.05) is 62.1 Å². The second kappa shape index (κ2) is 10.4. The molecule has 31 heavy (non-hydrogen) atoms. The van der Waals surface area contributed by atoms with E-state index in [4.69, 9.17) is 4.74 Å². The van der Waals surface area contributed by atoms with Crippen molar-refractivity contribution in [2.75, 3.05) is 26.2 Å². The summed E-state index contributed by atoms with van der Waals surface area (Å²) in [7, 11) is 0. The number of nitrogens with zero attached hydrogens (tertiary/aromatic N) is 1. The fourth-order valence-electron chi connectivity index (χ4n) is 3.76. The molecule has 2 aromatic carbocycles. The third-order valence-corrected chi connectivity index (χ3v) is 5.34. The molecule has 6 nitrogen and oxygen atoms in total. The minimum Gasteiger partial charge on any atom is -0.444 e. The first-order valence-corrected chi connectivity index (χ1v) is 10.9. The molecule has 1 aliphatic rings. The molecule has 2 N–H and O–H groups in total. The molecule has 1 unspecified atom stereocenters. The molecule has 0 spiro atoms. The van der Waals surface area contributed by atoms with Crippen molar-refractivity contribution in [1.29, 1.82) is 0 Å². The molecule has 2 aromatic rings. The van der Waals surface area contributed by atoms with Gasteiger partial charge >= 0.3 is 6.09 Å². The standard InChI is InChI=1S/C25H33N3O3/c1-25(2,3)31-24(30)27-16-21-14-15-28(23(29)17-26-21)18-22(19-10-6-4-7-11-19)20-12-8-5-9-13-20/h4-13,21-22,26H,14-18H2,1-3H3,(H,27,30). The Labute approximate surface area is 185 Å². The van der Waals surface area contributed by atoms with Gasteiger partial charge in [0.25, 0.3) is 0 Å². The number of amides is 2. The number of rotatable bonds is 6. The third-order valence-electron chi connectivity index (χ3n) is 5.34. The third kappa shape index (κ3) is 7.10. The topological polar surface area (TPSA) is 70.7 Å². The smallest absolute Gasteiger partial charge is 0.407 e. The minimum atomic E-state index is -0.530. The molecule has 1 fully saturated rings. The van der Waals surface area contributed by atoms with E-state index in [-0.39, 0.29) is 24.4 Å². The lowest BCUT2D eigenvalue weighted by Gasteiger charge is -2.27. The van der Waals surface area contributed by atoms with Crippen LogP contribution >= 0.6 is 0 Å². The molecule has 166 valence electrons. The van der Waals surface area contributed by atoms with Crippen molar-refractivity contribution < 1.29 is 14.3 Å². The van der Waals surface area contributed by atoms with Gasteiger partial charge in [0.15, 0.2) is 0 Å². The Hall–Kier alpha value is -2.86. The maximum absolute atomic E-state index is 12.8. The highest BCUT2D eigenvalue weighted by molar-refractivity contribution is 5.78. The van der Waals surface area contributed by atoms with E-state index in [9.17, 15) is 9.59 Å². The first-order chi connectivity index (χ1) is 14.8. The summed E-state index contributed by atoms with van der Waals surface area (Å²) in [6.07, 6.45) is 0.327. The van der Waals surface area contributed by atoms with Crippen LogP contribution in [0.25, 0.3) is 0 Å². The number of benzene rings is 2. The van der Waals surface area contributed by atoms with Crippen molar-refractivity contribution in [3.63, 3.8) is 0 Å². The molecule has 6 heteroatoms. The molecule has 0 saturated carbocycles. The van der Waals surface area contributed by atoms with Crippen LogP contribution < -0.4 is 10.6 Å². The lowest BCUT2D eigenvalue weighted by atomic mass is 9.90. The summed E-state index contributed by atoms with van der Waals surface area (Å²) in [5, 5.41) is 6.08. The molecule has 0 bridgehead atoms. The van der Waals surface area contributed by atoms with E-state index in [2.05, 4.69) is 34.9 Å². The first kappa shape index (κ1) is 22.8. The van der Waals surface area contributed by atoms with E-state index >= 15 is 0 Å². The van der Waals surface area contributed by atoms with Gasteiger partial charge in [0.2, 0.25) is 5.91 Å². The van der Waals surface area contributed by atoms with Crippen molar-refractivity contribution in [3.05, 3.63) is 71.8 Å². The second-order valence-electron chi connectivity index (χ2n) is 8.96. The summed E-state index contributed by atoms with van der Waals surface area (Å²) in [5.74, 6) is 0.194. The number of hydrogen-bond acceptors (Lipinski definition) is 4. The molecule has 1 atom stereocenters. The van der Waals surface area contributed by atoms with Crippen LogP contribution in [0.4, 0.5) is 4.79 Å². The summed E-state index contributed by atoms with van der Waals surface area (Å²) in [6.45, 7) is 7.46. The molecule has 1 heterocycles. The Bertz CT molecular complexity index is 810. The molecule has 0 aromatic heterocycles. The molecule has 2 amide bonds. The van der Waals surface area contributed by atoms with E-state index in [1.54, 1.807) is 0 Å². The zero-order valence-corrected chi connectivity index (χ0v) is 18.6. The van der Waals surface area contributed by atoms with Crippen molar-refractivity contribution in [2.24, 2.45) is 0 Å². The lowest BCUT2D eigenvalue weighted by molar-refractivity contribution is -0.129. The van der Waals surface area contributed by atoms with E-state index in [0.29, 0.717) is 19.6 Å². The Balaban J connectivity index is 1.63. The molecule has 3 rings (SSSR count). The van der Waals surface area contributed by atoms with Crippen molar-refractivity contribution in [2.45, 2.75) is 44.8 Å². The number of ether oxygens (including phenoxy) is 1. The Kier molecular flexibility index (Phi) is 7.69. The first-order valence-electron chi connectivity index (χ1n) is 10.9. The predicted molar refractivity (Wildman–Crippen MR) is 122 cm³/mol. The van der Waals surface area contributed by atoms with Crippen LogP contribution in [-0.2, 0) is 9.53 Å². The Morgan fingerprint density at radius 1 is 1.10 bits per heavy atom. The second-order valence-corrected chi connectivity index (χ2v) is 8.96. The summed E-state index contributed by atoms with van der Waals surface area (Å²) < 4.78 is 5.30. The fraction of sp³-hybridized carbons (Fsp3) is 0.440. The molecule has 0 aliphatic carbocycles. The summed E-state index contributed by atoms with van der Waals surface area (Å²) in [4.78, 5) is 26.7. The highest BCUT2D eigenvalue weighted by Crippen LogP contribution is 2.26. The van der Waals surface area contributed by atoms with E-state index in [0.717, 1.165) is 6.42 Å². The van der Waals surface area contributed by atoms with E-state index in [1.165, 1.54) is 11.1 Å². The van der Waals surface area contributed by atoms with Crippen LogP contribution in [0.3, 0.4) is 0 Å². The van der Waals surface area contributed by atoms with Gasteiger partial charge in [0.05, 0.1) is 6.54 Å². The number of carbonyl (C=O) groups is 2. The maximum atomic E-state index is 12.8. The van der Waals surface area contributed by atoms with Crippen LogP contribution in [0.1, 0.15) is 44.2 Å². The summed E-state index contributed by atoms with van der Waals surface area (Å²) in [6, 6.07) is 20.7. The molecular formula is C25H33N3O3. The van der Waals surface area contributed by atoms with Crippen molar-refractivity contribution in [1.82, 2.24) is 15.5 Å². The van der Waals surface area contributed by atoms with Gasteiger partial charge in [-0.15, -0.1) is 0 Å². The average Bonchev–Trinajstić information content (AvgIpc) is 2.92.